The van der Waals surface area contributed by atoms with Gasteiger partial charge in [0.25, 0.3) is 0 Å². The number of fused-ring (bicyclic) bond motifs is 1. The number of nitrogens with zero attached hydrogens (tertiary/aromatic N) is 6. The van der Waals surface area contributed by atoms with Gasteiger partial charge in [-0.05, 0) is 50.3 Å². The van der Waals surface area contributed by atoms with Gasteiger partial charge in [0.2, 0.25) is 5.95 Å². The molecule has 3 N–H and O–H groups in total. The van der Waals surface area contributed by atoms with Crippen molar-refractivity contribution in [3.63, 3.8) is 0 Å². The van der Waals surface area contributed by atoms with Gasteiger partial charge in [-0.1, -0.05) is 11.6 Å². The maximum Gasteiger partial charge on any atom is 0.247 e. The number of nitriles is 2. The van der Waals surface area contributed by atoms with E-state index in [1.807, 2.05) is 0 Å². The number of aryl methyl sites for hydroxylation is 1. The van der Waals surface area contributed by atoms with Crippen molar-refractivity contribution < 1.29 is 5.11 Å². The van der Waals surface area contributed by atoms with E-state index in [9.17, 15) is 15.6 Å². The fraction of sp³-hybridized carbons (Fsp3) is 0.350. The number of rotatable bonds is 7. The minimum absolute atomic E-state index is 0.225. The number of halogens is 1. The third kappa shape index (κ3) is 4.13. The topological polar surface area (TPSA) is 135 Å². The molecule has 10 heteroatoms. The molecule has 0 amide bonds. The quantitative estimate of drug-likeness (QED) is 0.528. The average Bonchev–Trinajstić information content (AvgIpc) is 3.44. The van der Waals surface area contributed by atoms with E-state index in [1.54, 1.807) is 19.1 Å². The van der Waals surface area contributed by atoms with Gasteiger partial charge in [0.15, 0.2) is 17.2 Å². The Balaban J connectivity index is 1.69. The van der Waals surface area contributed by atoms with E-state index in [0.717, 1.165) is 18.4 Å². The molecule has 2 heterocycles. The summed E-state index contributed by atoms with van der Waals surface area (Å²) in [5.74, 6) is 0.754. The Hall–Kier alpha value is -3.40. The molecule has 0 aliphatic heterocycles. The van der Waals surface area contributed by atoms with Gasteiger partial charge in [0, 0.05) is 6.04 Å². The van der Waals surface area contributed by atoms with E-state index in [4.69, 9.17) is 11.6 Å². The maximum atomic E-state index is 9.52. The molecular formula is C20H19ClN8O. The van der Waals surface area contributed by atoms with Crippen LogP contribution in [-0.2, 0) is 6.42 Å². The molecule has 1 atom stereocenters. The summed E-state index contributed by atoms with van der Waals surface area (Å²) in [7, 11) is 0. The lowest BCUT2D eigenvalue weighted by atomic mass is 10.0. The summed E-state index contributed by atoms with van der Waals surface area (Å²) < 4.78 is 1.43. The minimum Gasteiger partial charge on any atom is -0.393 e. The van der Waals surface area contributed by atoms with Gasteiger partial charge >= 0.3 is 0 Å². The molecule has 4 rings (SSSR count). The largest absolute Gasteiger partial charge is 0.393 e. The molecule has 30 heavy (non-hydrogen) atoms. The van der Waals surface area contributed by atoms with Gasteiger partial charge in [-0.25, -0.2) is 4.98 Å². The van der Waals surface area contributed by atoms with Crippen LogP contribution in [0.2, 0.25) is 5.02 Å². The monoisotopic (exact) mass is 422 g/mol. The summed E-state index contributed by atoms with van der Waals surface area (Å²) in [6, 6.07) is 7.92. The maximum absolute atomic E-state index is 9.52. The number of anilines is 3. The number of aromatic nitrogens is 4. The molecule has 9 nitrogen and oxygen atoms in total. The number of aliphatic hydroxyl groups excluding tert-OH is 1. The first-order valence-corrected chi connectivity index (χ1v) is 9.96. The molecule has 0 radical (unpaired) electrons. The lowest BCUT2D eigenvalue weighted by molar-refractivity contribution is 0.185. The van der Waals surface area contributed by atoms with Crippen molar-refractivity contribution in [2.24, 2.45) is 0 Å². The number of imidazole rings is 1. The van der Waals surface area contributed by atoms with E-state index in [2.05, 4.69) is 37.8 Å². The van der Waals surface area contributed by atoms with Crippen LogP contribution in [0.1, 0.15) is 43.0 Å². The van der Waals surface area contributed by atoms with Gasteiger partial charge in [-0.2, -0.15) is 20.0 Å². The van der Waals surface area contributed by atoms with E-state index >= 15 is 0 Å². The van der Waals surface area contributed by atoms with E-state index in [-0.39, 0.29) is 11.6 Å². The van der Waals surface area contributed by atoms with Gasteiger partial charge in [0.05, 0.1) is 34.6 Å². The number of hydrogen-bond donors (Lipinski definition) is 3. The predicted octanol–water partition coefficient (Wildman–Crippen LogP) is 3.15. The highest BCUT2D eigenvalue weighted by molar-refractivity contribution is 6.33. The van der Waals surface area contributed by atoms with Crippen LogP contribution < -0.4 is 10.6 Å². The summed E-state index contributed by atoms with van der Waals surface area (Å²) in [6.45, 7) is 1.70. The van der Waals surface area contributed by atoms with Crippen molar-refractivity contribution in [3.05, 3.63) is 40.2 Å². The van der Waals surface area contributed by atoms with Gasteiger partial charge < -0.3 is 15.7 Å². The van der Waals surface area contributed by atoms with Crippen molar-refractivity contribution in [2.45, 2.75) is 44.8 Å². The molecule has 1 saturated carbocycles. The third-order valence-corrected chi connectivity index (χ3v) is 5.10. The van der Waals surface area contributed by atoms with Crippen LogP contribution in [0.3, 0.4) is 0 Å². The van der Waals surface area contributed by atoms with Crippen LogP contribution >= 0.6 is 11.6 Å². The van der Waals surface area contributed by atoms with Gasteiger partial charge in [-0.3, -0.25) is 0 Å². The van der Waals surface area contributed by atoms with Crippen molar-refractivity contribution >= 4 is 34.7 Å². The van der Waals surface area contributed by atoms with Crippen molar-refractivity contribution in [1.82, 2.24) is 19.6 Å². The number of benzene rings is 1. The Bertz CT molecular complexity index is 1190. The molecule has 3 aromatic rings. The average molecular weight is 423 g/mol. The zero-order valence-corrected chi connectivity index (χ0v) is 17.0. The third-order valence-electron chi connectivity index (χ3n) is 4.79. The van der Waals surface area contributed by atoms with E-state index < -0.39 is 6.10 Å². The Labute approximate surface area is 177 Å². The van der Waals surface area contributed by atoms with Gasteiger partial charge in [0.1, 0.15) is 6.07 Å². The SMILES string of the molecule is CC(O)CCc1cc(Cl)c(Nc2nc(NC3CC3)c3ncc(C#N)n3n2)cc1C#N. The molecule has 1 aliphatic rings. The molecule has 152 valence electrons. The molecule has 1 aromatic carbocycles. The zero-order chi connectivity index (χ0) is 21.3. The Morgan fingerprint density at radius 1 is 1.33 bits per heavy atom. The molecule has 1 unspecified atom stereocenters. The zero-order valence-electron chi connectivity index (χ0n) is 16.2. The summed E-state index contributed by atoms with van der Waals surface area (Å²) in [6.07, 6.45) is 4.16. The van der Waals surface area contributed by atoms with Crippen LogP contribution in [0, 0.1) is 22.7 Å². The molecule has 2 aromatic heterocycles. The number of nitrogens with one attached hydrogen (secondary N) is 2. The minimum atomic E-state index is -0.463. The first-order valence-electron chi connectivity index (χ1n) is 9.58. The molecule has 1 aliphatic carbocycles. The number of aliphatic hydroxyl groups is 1. The fourth-order valence-electron chi connectivity index (χ4n) is 3.03. The second kappa shape index (κ2) is 8.15. The highest BCUT2D eigenvalue weighted by atomic mass is 35.5. The van der Waals surface area contributed by atoms with E-state index in [0.29, 0.717) is 46.6 Å². The van der Waals surface area contributed by atoms with Crippen molar-refractivity contribution in [1.29, 1.82) is 10.5 Å². The van der Waals surface area contributed by atoms with Crippen LogP contribution in [-0.4, -0.2) is 36.8 Å². The predicted molar refractivity (Wildman–Crippen MR) is 112 cm³/mol. The van der Waals surface area contributed by atoms with Gasteiger partial charge in [-0.15, -0.1) is 5.10 Å². The molecule has 0 bridgehead atoms. The highest BCUT2D eigenvalue weighted by Crippen LogP contribution is 2.30. The summed E-state index contributed by atoms with van der Waals surface area (Å²) in [5.41, 5.74) is 2.46. The second-order valence-corrected chi connectivity index (χ2v) is 7.71. The van der Waals surface area contributed by atoms with Crippen LogP contribution in [0.15, 0.2) is 18.3 Å². The summed E-state index contributed by atoms with van der Waals surface area (Å²) in [5, 5.41) is 39.5. The smallest absolute Gasteiger partial charge is 0.247 e. The van der Waals surface area contributed by atoms with Crippen molar-refractivity contribution in [3.8, 4) is 12.1 Å². The summed E-state index contributed by atoms with van der Waals surface area (Å²) in [4.78, 5) is 8.75. The first kappa shape index (κ1) is 19.9. The molecular weight excluding hydrogens is 404 g/mol. The van der Waals surface area contributed by atoms with Crippen molar-refractivity contribution in [2.75, 3.05) is 10.6 Å². The van der Waals surface area contributed by atoms with Crippen LogP contribution in [0.4, 0.5) is 17.5 Å². The van der Waals surface area contributed by atoms with E-state index in [1.165, 1.54) is 10.7 Å². The summed E-state index contributed by atoms with van der Waals surface area (Å²) >= 11 is 6.44. The van der Waals surface area contributed by atoms with Crippen LogP contribution in [0.25, 0.3) is 5.65 Å². The Morgan fingerprint density at radius 3 is 2.80 bits per heavy atom. The standard InChI is InChI=1S/C20H19ClN8O/c1-11(30)2-3-12-6-16(21)17(7-13(12)8-22)26-20-27-18(25-14-4-5-14)19-24-10-15(9-23)29(19)28-20/h6-7,10-11,14,30H,2-5H2,1H3,(H2,25,26,27,28). The molecule has 0 saturated heterocycles. The molecule has 0 spiro atoms. The lowest BCUT2D eigenvalue weighted by Crippen LogP contribution is -2.11. The fourth-order valence-corrected chi connectivity index (χ4v) is 3.27. The first-order chi connectivity index (χ1) is 14.5. The molecule has 1 fully saturated rings. The van der Waals surface area contributed by atoms with Crippen LogP contribution in [0.5, 0.6) is 0 Å². The normalized spacial score (nSPS) is 14.2. The second-order valence-electron chi connectivity index (χ2n) is 7.31. The Morgan fingerprint density at radius 2 is 2.13 bits per heavy atom. The highest BCUT2D eigenvalue weighted by Gasteiger charge is 2.24. The Kier molecular flexibility index (Phi) is 5.40. The number of hydrogen-bond acceptors (Lipinski definition) is 8. The lowest BCUT2D eigenvalue weighted by Gasteiger charge is -2.13.